The summed E-state index contributed by atoms with van der Waals surface area (Å²) in [7, 11) is 0. The highest BCUT2D eigenvalue weighted by Gasteiger charge is 2.16. The summed E-state index contributed by atoms with van der Waals surface area (Å²) in [6.45, 7) is 4.23. The molecule has 84 valence electrons. The Hall–Kier alpha value is -1.51. The van der Waals surface area contributed by atoms with Crippen molar-refractivity contribution in [3.8, 4) is 0 Å². The van der Waals surface area contributed by atoms with Gasteiger partial charge in [-0.25, -0.2) is 0 Å². The molecule has 3 heteroatoms. The van der Waals surface area contributed by atoms with Gasteiger partial charge in [-0.2, -0.15) is 4.98 Å². The second kappa shape index (κ2) is 3.81. The van der Waals surface area contributed by atoms with Crippen LogP contribution in [0.5, 0.6) is 0 Å². The number of anilines is 1. The van der Waals surface area contributed by atoms with Gasteiger partial charge in [0.1, 0.15) is 5.52 Å². The van der Waals surface area contributed by atoms with E-state index in [2.05, 4.69) is 28.9 Å². The van der Waals surface area contributed by atoms with Crippen molar-refractivity contribution in [1.29, 1.82) is 0 Å². The van der Waals surface area contributed by atoms with Crippen molar-refractivity contribution in [2.24, 2.45) is 0 Å². The Balaban J connectivity index is 1.97. The maximum Gasteiger partial charge on any atom is 0.298 e. The van der Waals surface area contributed by atoms with Crippen LogP contribution < -0.4 is 4.90 Å². The Morgan fingerprint density at radius 3 is 2.81 bits per heavy atom. The van der Waals surface area contributed by atoms with Crippen LogP contribution in [0.15, 0.2) is 22.6 Å². The van der Waals surface area contributed by atoms with Gasteiger partial charge in [-0.05, 0) is 43.9 Å². The van der Waals surface area contributed by atoms with Crippen molar-refractivity contribution >= 4 is 17.1 Å². The number of nitrogens with zero attached hydrogens (tertiary/aromatic N) is 2. The summed E-state index contributed by atoms with van der Waals surface area (Å²) in [5.74, 6) is 0. The SMILES string of the molecule is Cc1ccc2oc(N3CCCCC3)nc2c1. The van der Waals surface area contributed by atoms with Gasteiger partial charge >= 0.3 is 0 Å². The number of hydrogen-bond donors (Lipinski definition) is 0. The lowest BCUT2D eigenvalue weighted by atomic mass is 10.1. The predicted molar refractivity (Wildman–Crippen MR) is 64.8 cm³/mol. The molecule has 0 unspecified atom stereocenters. The van der Waals surface area contributed by atoms with Crippen LogP contribution in [0.1, 0.15) is 24.8 Å². The van der Waals surface area contributed by atoms with Gasteiger partial charge in [0.15, 0.2) is 5.58 Å². The van der Waals surface area contributed by atoms with E-state index in [0.29, 0.717) is 0 Å². The molecule has 0 N–H and O–H groups in total. The fourth-order valence-corrected chi connectivity index (χ4v) is 2.25. The number of oxazole rings is 1. The second-order valence-corrected chi connectivity index (χ2v) is 4.52. The Morgan fingerprint density at radius 1 is 1.19 bits per heavy atom. The van der Waals surface area contributed by atoms with Gasteiger partial charge in [0.25, 0.3) is 6.01 Å². The van der Waals surface area contributed by atoms with Crippen LogP contribution in [0.4, 0.5) is 6.01 Å². The summed E-state index contributed by atoms with van der Waals surface area (Å²) in [6.07, 6.45) is 3.82. The fraction of sp³-hybridized carbons (Fsp3) is 0.462. The summed E-state index contributed by atoms with van der Waals surface area (Å²) in [5, 5.41) is 0. The third-order valence-electron chi connectivity index (χ3n) is 3.16. The molecule has 1 aromatic carbocycles. The highest BCUT2D eigenvalue weighted by atomic mass is 16.4. The number of aromatic nitrogens is 1. The van der Waals surface area contributed by atoms with Crippen molar-refractivity contribution in [2.75, 3.05) is 18.0 Å². The van der Waals surface area contributed by atoms with Gasteiger partial charge in [-0.15, -0.1) is 0 Å². The number of fused-ring (bicyclic) bond motifs is 1. The van der Waals surface area contributed by atoms with Crippen LogP contribution in [-0.2, 0) is 0 Å². The first-order chi connectivity index (χ1) is 7.83. The standard InChI is InChI=1S/C13H16N2O/c1-10-5-6-12-11(9-10)14-13(16-12)15-7-3-2-4-8-15/h5-6,9H,2-4,7-8H2,1H3. The van der Waals surface area contributed by atoms with Gasteiger partial charge in [0.05, 0.1) is 0 Å². The molecule has 16 heavy (non-hydrogen) atoms. The van der Waals surface area contributed by atoms with Crippen molar-refractivity contribution in [1.82, 2.24) is 4.98 Å². The van der Waals surface area contributed by atoms with Crippen LogP contribution in [-0.4, -0.2) is 18.1 Å². The summed E-state index contributed by atoms with van der Waals surface area (Å²) >= 11 is 0. The molecule has 0 spiro atoms. The van der Waals surface area contributed by atoms with Crippen LogP contribution in [0.25, 0.3) is 11.1 Å². The van der Waals surface area contributed by atoms with Gasteiger partial charge < -0.3 is 9.32 Å². The number of aryl methyl sites for hydroxylation is 1. The molecule has 1 saturated heterocycles. The van der Waals surface area contributed by atoms with Crippen molar-refractivity contribution in [3.05, 3.63) is 23.8 Å². The summed E-state index contributed by atoms with van der Waals surface area (Å²) in [6, 6.07) is 6.94. The summed E-state index contributed by atoms with van der Waals surface area (Å²) in [5.41, 5.74) is 3.10. The van der Waals surface area contributed by atoms with Crippen LogP contribution in [0, 0.1) is 6.92 Å². The molecule has 1 aliphatic heterocycles. The van der Waals surface area contributed by atoms with Gasteiger partial charge in [-0.1, -0.05) is 6.07 Å². The van der Waals surface area contributed by atoms with Gasteiger partial charge in [0.2, 0.25) is 0 Å². The zero-order valence-corrected chi connectivity index (χ0v) is 9.57. The molecule has 0 aliphatic carbocycles. The molecule has 3 rings (SSSR count). The van der Waals surface area contributed by atoms with E-state index in [-0.39, 0.29) is 0 Å². The molecule has 0 bridgehead atoms. The zero-order chi connectivity index (χ0) is 11.0. The largest absolute Gasteiger partial charge is 0.423 e. The molecule has 1 fully saturated rings. The van der Waals surface area contributed by atoms with E-state index >= 15 is 0 Å². The minimum Gasteiger partial charge on any atom is -0.423 e. The fourth-order valence-electron chi connectivity index (χ4n) is 2.25. The third kappa shape index (κ3) is 1.66. The summed E-state index contributed by atoms with van der Waals surface area (Å²) in [4.78, 5) is 6.81. The maximum atomic E-state index is 5.78. The first-order valence-electron chi connectivity index (χ1n) is 5.95. The van der Waals surface area contributed by atoms with Crippen molar-refractivity contribution in [3.63, 3.8) is 0 Å². The molecule has 0 saturated carbocycles. The van der Waals surface area contributed by atoms with E-state index in [1.807, 2.05) is 6.07 Å². The Morgan fingerprint density at radius 2 is 2.00 bits per heavy atom. The number of hydrogen-bond acceptors (Lipinski definition) is 3. The molecule has 2 heterocycles. The molecule has 2 aromatic rings. The first kappa shape index (κ1) is 9.70. The average Bonchev–Trinajstić information content (AvgIpc) is 2.73. The normalized spacial score (nSPS) is 16.9. The topological polar surface area (TPSA) is 29.3 Å². The number of piperidine rings is 1. The molecule has 0 radical (unpaired) electrons. The minimum absolute atomic E-state index is 0.792. The number of benzene rings is 1. The van der Waals surface area contributed by atoms with Crippen molar-refractivity contribution in [2.45, 2.75) is 26.2 Å². The third-order valence-corrected chi connectivity index (χ3v) is 3.16. The van der Waals surface area contributed by atoms with Gasteiger partial charge in [-0.3, -0.25) is 0 Å². The van der Waals surface area contributed by atoms with Crippen LogP contribution in [0.3, 0.4) is 0 Å². The zero-order valence-electron chi connectivity index (χ0n) is 9.57. The Bertz CT molecular complexity index is 498. The molecular formula is C13H16N2O. The molecule has 1 aromatic heterocycles. The van der Waals surface area contributed by atoms with Crippen LogP contribution in [0.2, 0.25) is 0 Å². The smallest absolute Gasteiger partial charge is 0.298 e. The average molecular weight is 216 g/mol. The lowest BCUT2D eigenvalue weighted by Gasteiger charge is -2.24. The molecule has 1 aliphatic rings. The minimum atomic E-state index is 0.792. The molecule has 0 atom stereocenters. The highest BCUT2D eigenvalue weighted by Crippen LogP contribution is 2.24. The molecule has 0 amide bonds. The molecule has 3 nitrogen and oxygen atoms in total. The monoisotopic (exact) mass is 216 g/mol. The quantitative estimate of drug-likeness (QED) is 0.733. The predicted octanol–water partition coefficient (Wildman–Crippen LogP) is 3.13. The maximum absolute atomic E-state index is 5.78. The first-order valence-corrected chi connectivity index (χ1v) is 5.95. The second-order valence-electron chi connectivity index (χ2n) is 4.52. The molecular weight excluding hydrogens is 200 g/mol. The van der Waals surface area contributed by atoms with E-state index in [1.165, 1.54) is 24.8 Å². The number of rotatable bonds is 1. The van der Waals surface area contributed by atoms with Crippen LogP contribution >= 0.6 is 0 Å². The highest BCUT2D eigenvalue weighted by molar-refractivity contribution is 5.75. The van der Waals surface area contributed by atoms with E-state index in [0.717, 1.165) is 30.2 Å². The Kier molecular flexibility index (Phi) is 2.31. The Labute approximate surface area is 95.1 Å². The lowest BCUT2D eigenvalue weighted by Crippen LogP contribution is -2.29. The van der Waals surface area contributed by atoms with E-state index in [9.17, 15) is 0 Å². The van der Waals surface area contributed by atoms with Crippen molar-refractivity contribution < 1.29 is 4.42 Å². The van der Waals surface area contributed by atoms with E-state index < -0.39 is 0 Å². The lowest BCUT2D eigenvalue weighted by molar-refractivity contribution is 0.509. The van der Waals surface area contributed by atoms with E-state index in [4.69, 9.17) is 4.42 Å². The van der Waals surface area contributed by atoms with E-state index in [1.54, 1.807) is 0 Å². The van der Waals surface area contributed by atoms with Gasteiger partial charge in [0, 0.05) is 13.1 Å². The summed E-state index contributed by atoms with van der Waals surface area (Å²) < 4.78 is 5.78.